The number of ether oxygens (including phenoxy) is 1. The zero-order valence-corrected chi connectivity index (χ0v) is 12.5. The molecule has 0 aliphatic heterocycles. The Labute approximate surface area is 119 Å². The predicted octanol–water partition coefficient (Wildman–Crippen LogP) is 2.77. The van der Waals surface area contributed by atoms with Gasteiger partial charge in [0.2, 0.25) is 0 Å². The quantitative estimate of drug-likeness (QED) is 0.910. The van der Waals surface area contributed by atoms with E-state index in [1.54, 1.807) is 6.33 Å². The molecule has 20 heavy (non-hydrogen) atoms. The summed E-state index contributed by atoms with van der Waals surface area (Å²) in [5.41, 5.74) is 8.19. The van der Waals surface area contributed by atoms with Gasteiger partial charge in [-0.05, 0) is 33.8 Å². The molecule has 1 heterocycles. The SMILES string of the molecule is Cc1ccc(OCc2ncnn2C(C)C)c([C@H](C)N)c1. The van der Waals surface area contributed by atoms with Crippen LogP contribution in [-0.2, 0) is 6.61 Å². The van der Waals surface area contributed by atoms with Gasteiger partial charge >= 0.3 is 0 Å². The fraction of sp³-hybridized carbons (Fsp3) is 0.467. The van der Waals surface area contributed by atoms with Crippen LogP contribution >= 0.6 is 0 Å². The van der Waals surface area contributed by atoms with Gasteiger partial charge in [-0.15, -0.1) is 0 Å². The fourth-order valence-corrected chi connectivity index (χ4v) is 2.11. The van der Waals surface area contributed by atoms with Gasteiger partial charge < -0.3 is 10.5 Å². The standard InChI is InChI=1S/C15H22N4O/c1-10(2)19-15(17-9-18-19)8-20-14-6-5-11(3)7-13(14)12(4)16/h5-7,9-10,12H,8,16H2,1-4H3/t12-/m0/s1. The molecule has 5 heteroatoms. The van der Waals surface area contributed by atoms with Crippen LogP contribution in [-0.4, -0.2) is 14.8 Å². The van der Waals surface area contributed by atoms with Crippen LogP contribution in [0.25, 0.3) is 0 Å². The number of aromatic nitrogens is 3. The van der Waals surface area contributed by atoms with Crippen LogP contribution in [0, 0.1) is 6.92 Å². The second-order valence-electron chi connectivity index (χ2n) is 5.33. The largest absolute Gasteiger partial charge is 0.485 e. The Morgan fingerprint density at radius 2 is 2.05 bits per heavy atom. The van der Waals surface area contributed by atoms with Crippen LogP contribution in [0.3, 0.4) is 0 Å². The predicted molar refractivity (Wildman–Crippen MR) is 78.5 cm³/mol. The maximum Gasteiger partial charge on any atom is 0.165 e. The van der Waals surface area contributed by atoms with Gasteiger partial charge in [-0.25, -0.2) is 9.67 Å². The molecule has 0 amide bonds. The number of hydrogen-bond donors (Lipinski definition) is 1. The average Bonchev–Trinajstić information content (AvgIpc) is 2.85. The van der Waals surface area contributed by atoms with E-state index in [4.69, 9.17) is 10.5 Å². The minimum Gasteiger partial charge on any atom is -0.485 e. The lowest BCUT2D eigenvalue weighted by atomic mass is 10.1. The second kappa shape index (κ2) is 6.05. The normalized spacial score (nSPS) is 12.7. The van der Waals surface area contributed by atoms with Crippen molar-refractivity contribution in [3.63, 3.8) is 0 Å². The van der Waals surface area contributed by atoms with Crippen LogP contribution in [0.5, 0.6) is 5.75 Å². The molecule has 0 radical (unpaired) electrons. The van der Waals surface area contributed by atoms with E-state index in [2.05, 4.69) is 30.0 Å². The Kier molecular flexibility index (Phi) is 4.39. The molecule has 108 valence electrons. The third-order valence-electron chi connectivity index (χ3n) is 3.15. The van der Waals surface area contributed by atoms with Crippen LogP contribution in [0.4, 0.5) is 0 Å². The van der Waals surface area contributed by atoms with Crippen molar-refractivity contribution in [1.82, 2.24) is 14.8 Å². The fourth-order valence-electron chi connectivity index (χ4n) is 2.11. The highest BCUT2D eigenvalue weighted by molar-refractivity contribution is 5.38. The van der Waals surface area contributed by atoms with Gasteiger partial charge in [0.15, 0.2) is 5.82 Å². The molecule has 1 aromatic carbocycles. The summed E-state index contributed by atoms with van der Waals surface area (Å²) in [4.78, 5) is 4.24. The van der Waals surface area contributed by atoms with Crippen LogP contribution < -0.4 is 10.5 Å². The summed E-state index contributed by atoms with van der Waals surface area (Å²) in [5, 5.41) is 4.20. The van der Waals surface area contributed by atoms with Crippen molar-refractivity contribution in [1.29, 1.82) is 0 Å². The van der Waals surface area contributed by atoms with E-state index in [9.17, 15) is 0 Å². The minimum atomic E-state index is -0.0622. The molecule has 0 unspecified atom stereocenters. The molecule has 0 fully saturated rings. The van der Waals surface area contributed by atoms with Crippen molar-refractivity contribution in [2.24, 2.45) is 5.73 Å². The molecule has 0 aliphatic carbocycles. The molecule has 0 aliphatic rings. The topological polar surface area (TPSA) is 66.0 Å². The van der Waals surface area contributed by atoms with E-state index in [1.165, 1.54) is 5.56 Å². The van der Waals surface area contributed by atoms with Gasteiger partial charge in [0.05, 0.1) is 0 Å². The lowest BCUT2D eigenvalue weighted by Crippen LogP contribution is -2.12. The third kappa shape index (κ3) is 3.17. The monoisotopic (exact) mass is 274 g/mol. The van der Waals surface area contributed by atoms with Gasteiger partial charge in [-0.2, -0.15) is 5.10 Å². The number of aryl methyl sites for hydroxylation is 1. The molecule has 0 bridgehead atoms. The Balaban J connectivity index is 2.17. The first-order chi connectivity index (χ1) is 9.49. The van der Waals surface area contributed by atoms with Crippen molar-refractivity contribution in [3.8, 4) is 5.75 Å². The molecule has 1 atom stereocenters. The summed E-state index contributed by atoms with van der Waals surface area (Å²) < 4.78 is 7.75. The van der Waals surface area contributed by atoms with E-state index in [1.807, 2.05) is 30.7 Å². The molecule has 5 nitrogen and oxygen atoms in total. The number of nitrogens with zero attached hydrogens (tertiary/aromatic N) is 3. The summed E-state index contributed by atoms with van der Waals surface area (Å²) >= 11 is 0. The van der Waals surface area contributed by atoms with E-state index in [0.29, 0.717) is 6.61 Å². The highest BCUT2D eigenvalue weighted by atomic mass is 16.5. The van der Waals surface area contributed by atoms with Gasteiger partial charge in [-0.3, -0.25) is 0 Å². The van der Waals surface area contributed by atoms with Gasteiger partial charge in [0.1, 0.15) is 18.7 Å². The molecule has 0 saturated carbocycles. The first kappa shape index (κ1) is 14.5. The summed E-state index contributed by atoms with van der Waals surface area (Å²) in [7, 11) is 0. The number of nitrogens with two attached hydrogens (primary N) is 1. The van der Waals surface area contributed by atoms with Gasteiger partial charge in [0, 0.05) is 17.6 Å². The van der Waals surface area contributed by atoms with Crippen LogP contribution in [0.2, 0.25) is 0 Å². The number of hydrogen-bond acceptors (Lipinski definition) is 4. The molecule has 2 N–H and O–H groups in total. The summed E-state index contributed by atoms with van der Waals surface area (Å²) in [6.07, 6.45) is 1.56. The van der Waals surface area contributed by atoms with Crippen molar-refractivity contribution in [2.75, 3.05) is 0 Å². The summed E-state index contributed by atoms with van der Waals surface area (Å²) in [6, 6.07) is 6.25. The minimum absolute atomic E-state index is 0.0622. The molecule has 0 saturated heterocycles. The maximum atomic E-state index is 6.00. The zero-order valence-electron chi connectivity index (χ0n) is 12.5. The zero-order chi connectivity index (χ0) is 14.7. The lowest BCUT2D eigenvalue weighted by molar-refractivity contribution is 0.278. The van der Waals surface area contributed by atoms with Crippen molar-refractivity contribution >= 4 is 0 Å². The van der Waals surface area contributed by atoms with Crippen molar-refractivity contribution < 1.29 is 4.74 Å². The summed E-state index contributed by atoms with van der Waals surface area (Å²) in [6.45, 7) is 8.53. The van der Waals surface area contributed by atoms with Crippen LogP contribution in [0.1, 0.15) is 49.8 Å². The number of rotatable bonds is 5. The number of benzene rings is 1. The van der Waals surface area contributed by atoms with E-state index < -0.39 is 0 Å². The molecule has 1 aromatic heterocycles. The highest BCUT2D eigenvalue weighted by Crippen LogP contribution is 2.25. The highest BCUT2D eigenvalue weighted by Gasteiger charge is 2.12. The van der Waals surface area contributed by atoms with E-state index in [0.717, 1.165) is 17.1 Å². The Morgan fingerprint density at radius 1 is 1.30 bits per heavy atom. The second-order valence-corrected chi connectivity index (χ2v) is 5.33. The molecule has 2 aromatic rings. The first-order valence-electron chi connectivity index (χ1n) is 6.86. The lowest BCUT2D eigenvalue weighted by Gasteiger charge is -2.15. The third-order valence-corrected chi connectivity index (χ3v) is 3.15. The first-order valence-corrected chi connectivity index (χ1v) is 6.86. The molecular weight excluding hydrogens is 252 g/mol. The Bertz CT molecular complexity index is 575. The Hall–Kier alpha value is -1.88. The smallest absolute Gasteiger partial charge is 0.165 e. The van der Waals surface area contributed by atoms with Crippen molar-refractivity contribution in [3.05, 3.63) is 41.5 Å². The average molecular weight is 274 g/mol. The van der Waals surface area contributed by atoms with Gasteiger partial charge in [0.25, 0.3) is 0 Å². The molecule has 2 rings (SSSR count). The Morgan fingerprint density at radius 3 is 2.70 bits per heavy atom. The summed E-state index contributed by atoms with van der Waals surface area (Å²) in [5.74, 6) is 1.63. The van der Waals surface area contributed by atoms with Crippen LogP contribution in [0.15, 0.2) is 24.5 Å². The van der Waals surface area contributed by atoms with E-state index >= 15 is 0 Å². The van der Waals surface area contributed by atoms with E-state index in [-0.39, 0.29) is 12.1 Å². The van der Waals surface area contributed by atoms with Crippen molar-refractivity contribution in [2.45, 2.75) is 46.4 Å². The maximum absolute atomic E-state index is 6.00. The molecule has 0 spiro atoms. The van der Waals surface area contributed by atoms with Gasteiger partial charge in [-0.1, -0.05) is 17.7 Å². The molecular formula is C15H22N4O.